The van der Waals surface area contributed by atoms with Gasteiger partial charge < -0.3 is 29.9 Å². The van der Waals surface area contributed by atoms with Crippen LogP contribution in [0.5, 0.6) is 5.75 Å². The van der Waals surface area contributed by atoms with Crippen LogP contribution in [0.25, 0.3) is 43.6 Å². The Hall–Kier alpha value is -8.11. The van der Waals surface area contributed by atoms with E-state index < -0.39 is 47.3 Å². The first-order valence-corrected chi connectivity index (χ1v) is 26.1. The molecule has 0 unspecified atom stereocenters. The normalized spacial score (nSPS) is 13.8. The first kappa shape index (κ1) is 56.1. The van der Waals surface area contributed by atoms with E-state index >= 15 is 0 Å². The van der Waals surface area contributed by atoms with Gasteiger partial charge in [0.15, 0.2) is 0 Å². The predicted octanol–water partition coefficient (Wildman–Crippen LogP) is 7.76. The van der Waals surface area contributed by atoms with Crippen LogP contribution >= 0.6 is 27.5 Å². The molecule has 0 bridgehead atoms. The molecule has 0 spiro atoms. The van der Waals surface area contributed by atoms with Gasteiger partial charge >= 0.3 is 11.9 Å². The lowest BCUT2D eigenvalue weighted by Gasteiger charge is -2.28. The smallest absolute Gasteiger partial charge is 0.379 e. The van der Waals surface area contributed by atoms with Crippen LogP contribution in [-0.4, -0.2) is 128 Å². The molecular weight excluding hydrogens is 1090 g/mol. The van der Waals surface area contributed by atoms with Crippen molar-refractivity contribution in [2.75, 3.05) is 26.2 Å². The first-order chi connectivity index (χ1) is 37.4. The minimum Gasteiger partial charge on any atom is -0.489 e. The van der Waals surface area contributed by atoms with Crippen LogP contribution in [0.2, 0.25) is 5.02 Å². The van der Waals surface area contributed by atoms with Crippen molar-refractivity contribution in [2.45, 2.75) is 50.9 Å². The number of halogens is 2. The number of esters is 1. The van der Waals surface area contributed by atoms with E-state index in [-0.39, 0.29) is 23.8 Å². The fourth-order valence-electron chi connectivity index (χ4n) is 8.64. The van der Waals surface area contributed by atoms with Gasteiger partial charge in [-0.05, 0) is 106 Å². The largest absolute Gasteiger partial charge is 0.489 e. The number of carbonyl (C=O) groups excluding carboxylic acids is 5. The van der Waals surface area contributed by atoms with Crippen LogP contribution in [0.15, 0.2) is 120 Å². The van der Waals surface area contributed by atoms with Crippen molar-refractivity contribution in [1.29, 1.82) is 0 Å². The van der Waals surface area contributed by atoms with E-state index in [0.717, 1.165) is 81.5 Å². The van der Waals surface area contributed by atoms with Crippen molar-refractivity contribution in [1.82, 2.24) is 49.3 Å². The molecule has 2 aliphatic rings. The number of aliphatic hydroxyl groups is 1. The third-order valence-corrected chi connectivity index (χ3v) is 13.9. The van der Waals surface area contributed by atoms with Gasteiger partial charge in [-0.2, -0.15) is 20.4 Å². The van der Waals surface area contributed by atoms with Gasteiger partial charge in [0.25, 0.3) is 17.5 Å². The number of hydrogen-bond acceptors (Lipinski definition) is 14. The maximum atomic E-state index is 13.0. The van der Waals surface area contributed by atoms with E-state index in [1.54, 1.807) is 121 Å². The number of ether oxygens (including phenoxy) is 2. The third-order valence-electron chi connectivity index (χ3n) is 13.1. The Morgan fingerprint density at radius 1 is 0.654 bits per heavy atom. The van der Waals surface area contributed by atoms with E-state index in [0.29, 0.717) is 28.4 Å². The summed E-state index contributed by atoms with van der Waals surface area (Å²) >= 11 is 9.82. The van der Waals surface area contributed by atoms with Crippen LogP contribution in [0, 0.1) is 0 Å². The fraction of sp³-hybridized carbons (Fsp3) is 0.286. The Bertz CT molecular complexity index is 3710. The molecule has 22 heteroatoms. The maximum Gasteiger partial charge on any atom is 0.379 e. The van der Waals surface area contributed by atoms with Crippen LogP contribution in [0.3, 0.4) is 0 Å². The number of amides is 1. The minimum atomic E-state index is -1.45. The summed E-state index contributed by atoms with van der Waals surface area (Å²) in [6.07, 6.45) is 10.3. The second kappa shape index (κ2) is 24.9. The number of rotatable bonds is 14. The van der Waals surface area contributed by atoms with Crippen molar-refractivity contribution in [3.63, 3.8) is 0 Å². The highest BCUT2D eigenvalue weighted by atomic mass is 79.9. The number of carbonyl (C=O) groups is 6. The van der Waals surface area contributed by atoms with E-state index in [1.165, 1.54) is 17.5 Å². The van der Waals surface area contributed by atoms with E-state index in [4.69, 9.17) is 21.4 Å². The molecule has 9 aromatic rings. The molecule has 3 N–H and O–H groups in total. The van der Waals surface area contributed by atoms with Gasteiger partial charge in [-0.25, -0.2) is 9.59 Å². The summed E-state index contributed by atoms with van der Waals surface area (Å²) in [4.78, 5) is 72.9. The predicted molar refractivity (Wildman–Crippen MR) is 295 cm³/mol. The number of ketones is 3. The number of nitrogens with zero attached hydrogens (tertiary/aromatic N) is 9. The monoisotopic (exact) mass is 1140 g/mol. The summed E-state index contributed by atoms with van der Waals surface area (Å²) in [5, 5.41) is 43.2. The Morgan fingerprint density at radius 2 is 1.12 bits per heavy atom. The molecule has 11 rings (SSSR count). The minimum absolute atomic E-state index is 0.165. The number of hydrogen-bond donors (Lipinski definition) is 3. The number of aryl methyl sites for hydroxylation is 4. The number of carboxylic acid groups (broad SMARTS) is 1. The highest BCUT2D eigenvalue weighted by Crippen LogP contribution is 2.34. The van der Waals surface area contributed by atoms with Gasteiger partial charge in [0.1, 0.15) is 11.9 Å². The van der Waals surface area contributed by atoms with E-state index in [1.807, 2.05) is 30.1 Å². The van der Waals surface area contributed by atoms with Gasteiger partial charge in [-0.3, -0.25) is 37.9 Å². The zero-order valence-corrected chi connectivity index (χ0v) is 45.6. The second-order valence-electron chi connectivity index (χ2n) is 18.6. The summed E-state index contributed by atoms with van der Waals surface area (Å²) in [5.74, 6) is -4.63. The Labute approximate surface area is 460 Å². The quantitative estimate of drug-likeness (QED) is 0.0535. The molecule has 1 aliphatic carbocycles. The molecule has 2 atom stereocenters. The lowest BCUT2D eigenvalue weighted by Crippen LogP contribution is -2.48. The number of fused-ring (bicyclic) bond motifs is 4. The number of nitrogens with one attached hydrogen (secondary N) is 1. The molecule has 1 saturated carbocycles. The summed E-state index contributed by atoms with van der Waals surface area (Å²) in [5.41, 5.74) is 4.78. The van der Waals surface area contributed by atoms with E-state index in [9.17, 15) is 33.9 Å². The summed E-state index contributed by atoms with van der Waals surface area (Å²) < 4.78 is 18.3. The molecule has 4 aromatic heterocycles. The van der Waals surface area contributed by atoms with Gasteiger partial charge in [-0.15, -0.1) is 0 Å². The van der Waals surface area contributed by atoms with Crippen LogP contribution < -0.4 is 10.1 Å². The highest BCUT2D eigenvalue weighted by Gasteiger charge is 2.31. The molecular formula is C56H56BrClN10O10. The molecule has 1 saturated heterocycles. The van der Waals surface area contributed by atoms with Gasteiger partial charge in [0, 0.05) is 77.4 Å². The molecule has 1 amide bonds. The highest BCUT2D eigenvalue weighted by molar-refractivity contribution is 9.10. The average molecular weight is 1140 g/mol. The topological polar surface area (TPSA) is 248 Å². The van der Waals surface area contributed by atoms with Gasteiger partial charge in [-0.1, -0.05) is 63.9 Å². The van der Waals surface area contributed by atoms with Crippen molar-refractivity contribution in [3.05, 3.63) is 148 Å². The van der Waals surface area contributed by atoms with Crippen LogP contribution in [0.1, 0.15) is 75.3 Å². The maximum absolute atomic E-state index is 13.0. The number of likely N-dealkylation sites (tertiary alicyclic amines) is 1. The molecule has 1 aliphatic heterocycles. The number of Topliss-reactive ketones (excluding diaryl/α,β-unsaturated/α-hetero) is 3. The average Bonchev–Trinajstić information content (AvgIpc) is 3.88. The molecule has 78 heavy (non-hydrogen) atoms. The van der Waals surface area contributed by atoms with Crippen LogP contribution in [-0.2, 0) is 47.3 Å². The SMILES string of the molecule is CCOC(=O)C(=O)c1ccc2cnn(C)c2c1.Cn1ncc2ccc(Br)cc21.Cn1ncc2ccc(C(=O)C(=O)N[C@H](CN3CCCC3)[C@H](O)c3ccc(OC4CC4)c(Cl)c3)cc21.Cn1ncc2ccc(C(=O)C(=O)O)cc21. The first-order valence-electron chi connectivity index (χ1n) is 24.9. The Balaban J connectivity index is 0.000000154. The Morgan fingerprint density at radius 3 is 1.58 bits per heavy atom. The lowest BCUT2D eigenvalue weighted by atomic mass is 10.0. The van der Waals surface area contributed by atoms with Crippen molar-refractivity contribution in [3.8, 4) is 5.75 Å². The molecule has 5 heterocycles. The summed E-state index contributed by atoms with van der Waals surface area (Å²) in [6, 6.07) is 25.4. The zero-order valence-electron chi connectivity index (χ0n) is 43.3. The van der Waals surface area contributed by atoms with Crippen LogP contribution in [0.4, 0.5) is 0 Å². The standard InChI is InChI=1S/C26H29ClN4O4.C12H12N2O3.C10H8N2O3.C8H7BrN2/c1-30-22-13-17(4-5-18(22)14-28-30)25(33)26(34)29-21(15-31-10-2-3-11-31)24(32)16-6-9-23(20(27)12-16)35-19-7-8-19;1-3-17-12(16)11(15)8-4-5-9-7-13-14(2)10(9)6-8;1-12-8-4-6(9(13)10(14)15)2-3-7(8)5-11-12;1-11-8-4-7(9)3-2-6(8)5-10-11/h4-6,9,12-14,19,21,24,32H,2-3,7-8,10-11,15H2,1H3,(H,29,34);4-7H,3H2,1-2H3;2-5H,1H3,(H,14,15);2-5H,1H3/t21-,24-;;;/m1.../s1. The lowest BCUT2D eigenvalue weighted by molar-refractivity contribution is -0.137. The second-order valence-corrected chi connectivity index (χ2v) is 20.0. The molecule has 5 aromatic carbocycles. The molecule has 404 valence electrons. The van der Waals surface area contributed by atoms with Gasteiger partial charge in [0.2, 0.25) is 5.78 Å². The molecule has 0 radical (unpaired) electrons. The van der Waals surface area contributed by atoms with Crippen molar-refractivity contribution < 1.29 is 48.5 Å². The Kier molecular flexibility index (Phi) is 17.9. The zero-order chi connectivity index (χ0) is 55.8. The number of aliphatic hydroxyl groups excluding tert-OH is 1. The third kappa shape index (κ3) is 13.5. The summed E-state index contributed by atoms with van der Waals surface area (Å²) in [7, 11) is 7.23. The van der Waals surface area contributed by atoms with E-state index in [2.05, 4.69) is 57.3 Å². The number of benzene rings is 5. The molecule has 2 fully saturated rings. The number of aromatic nitrogens is 8. The fourth-order valence-corrected chi connectivity index (χ4v) is 9.22. The number of carboxylic acids is 1. The molecule has 20 nitrogen and oxygen atoms in total. The summed E-state index contributed by atoms with van der Waals surface area (Å²) in [6.45, 7) is 4.06. The number of aliphatic carboxylic acids is 1. The van der Waals surface area contributed by atoms with Crippen molar-refractivity contribution >= 4 is 106 Å². The van der Waals surface area contributed by atoms with Gasteiger partial charge in [0.05, 0.1) is 70.6 Å². The van der Waals surface area contributed by atoms with Crippen molar-refractivity contribution in [2.24, 2.45) is 28.2 Å².